The molecule has 0 spiro atoms. The fourth-order valence-corrected chi connectivity index (χ4v) is 3.13. The van der Waals surface area contributed by atoms with Crippen molar-refractivity contribution in [3.8, 4) is 0 Å². The van der Waals surface area contributed by atoms with Crippen LogP contribution >= 0.6 is 0 Å². The highest BCUT2D eigenvalue weighted by Gasteiger charge is 2.22. The zero-order valence-corrected chi connectivity index (χ0v) is 13.6. The van der Waals surface area contributed by atoms with E-state index >= 15 is 0 Å². The fourth-order valence-electron chi connectivity index (χ4n) is 3.13. The predicted octanol–water partition coefficient (Wildman–Crippen LogP) is 4.08. The molecule has 0 bridgehead atoms. The number of likely N-dealkylation sites (tertiary alicyclic amines) is 1. The Balaban J connectivity index is 2.17. The fraction of sp³-hybridized carbons (Fsp3) is 0.611. The quantitative estimate of drug-likeness (QED) is 0.905. The summed E-state index contributed by atoms with van der Waals surface area (Å²) >= 11 is 0. The van der Waals surface area contributed by atoms with Crippen molar-refractivity contribution in [1.29, 1.82) is 0 Å². The van der Waals surface area contributed by atoms with Crippen molar-refractivity contribution in [2.75, 3.05) is 25.0 Å². The molecule has 1 atom stereocenters. The summed E-state index contributed by atoms with van der Waals surface area (Å²) < 4.78 is 0. The second kappa shape index (κ2) is 7.48. The second-order valence-electron chi connectivity index (χ2n) is 6.08. The molecule has 1 amide bonds. The molecule has 0 radical (unpaired) electrons. The van der Waals surface area contributed by atoms with E-state index in [1.54, 1.807) is 0 Å². The Morgan fingerprint density at radius 3 is 2.81 bits per heavy atom. The Morgan fingerprint density at radius 2 is 2.10 bits per heavy atom. The lowest BCUT2D eigenvalue weighted by molar-refractivity contribution is 0.0761. The Labute approximate surface area is 128 Å². The predicted molar refractivity (Wildman–Crippen MR) is 88.9 cm³/mol. The number of nitrogens with zero attached hydrogens (tertiary/aromatic N) is 1. The van der Waals surface area contributed by atoms with Gasteiger partial charge >= 0.3 is 0 Å². The van der Waals surface area contributed by atoms with Crippen LogP contribution in [0.2, 0.25) is 0 Å². The molecule has 1 aromatic rings. The van der Waals surface area contributed by atoms with E-state index in [-0.39, 0.29) is 5.91 Å². The number of aryl methyl sites for hydroxylation is 1. The zero-order valence-electron chi connectivity index (χ0n) is 13.6. The highest BCUT2D eigenvalue weighted by molar-refractivity contribution is 5.99. The number of amides is 1. The number of rotatable bonds is 4. The van der Waals surface area contributed by atoms with Crippen LogP contribution in [0.4, 0.5) is 5.69 Å². The Bertz CT molecular complexity index is 484. The van der Waals surface area contributed by atoms with Gasteiger partial charge in [-0.05, 0) is 51.2 Å². The van der Waals surface area contributed by atoms with Gasteiger partial charge in [-0.3, -0.25) is 4.79 Å². The minimum atomic E-state index is 0.186. The zero-order chi connectivity index (χ0) is 15.2. The monoisotopic (exact) mass is 288 g/mol. The van der Waals surface area contributed by atoms with Crippen molar-refractivity contribution >= 4 is 11.6 Å². The number of anilines is 1. The van der Waals surface area contributed by atoms with Gasteiger partial charge in [-0.2, -0.15) is 0 Å². The largest absolute Gasteiger partial charge is 0.385 e. The third-order valence-electron chi connectivity index (χ3n) is 4.48. The minimum absolute atomic E-state index is 0.186. The molecule has 116 valence electrons. The van der Waals surface area contributed by atoms with Gasteiger partial charge in [0.1, 0.15) is 0 Å². The van der Waals surface area contributed by atoms with Crippen LogP contribution in [0.5, 0.6) is 0 Å². The molecule has 1 aliphatic heterocycles. The summed E-state index contributed by atoms with van der Waals surface area (Å²) in [5, 5.41) is 3.31. The van der Waals surface area contributed by atoms with Crippen molar-refractivity contribution in [3.05, 3.63) is 29.3 Å². The van der Waals surface area contributed by atoms with Gasteiger partial charge in [-0.1, -0.05) is 25.0 Å². The van der Waals surface area contributed by atoms with Gasteiger partial charge in [0.2, 0.25) is 0 Å². The maximum Gasteiger partial charge on any atom is 0.255 e. The van der Waals surface area contributed by atoms with Crippen molar-refractivity contribution in [2.45, 2.75) is 46.5 Å². The molecule has 1 fully saturated rings. The summed E-state index contributed by atoms with van der Waals surface area (Å²) in [5.41, 5.74) is 2.93. The molecule has 0 aliphatic carbocycles. The first-order valence-electron chi connectivity index (χ1n) is 8.29. The summed E-state index contributed by atoms with van der Waals surface area (Å²) in [4.78, 5) is 14.9. The lowest BCUT2D eigenvalue weighted by atomic mass is 9.98. The smallest absolute Gasteiger partial charge is 0.255 e. The number of hydrogen-bond acceptors (Lipinski definition) is 2. The summed E-state index contributed by atoms with van der Waals surface area (Å²) in [5.74, 6) is 0.972. The normalized spacial score (nSPS) is 19.2. The first kappa shape index (κ1) is 15.9. The number of carbonyl (C=O) groups is 1. The minimum Gasteiger partial charge on any atom is -0.385 e. The first-order valence-corrected chi connectivity index (χ1v) is 8.29. The van der Waals surface area contributed by atoms with Gasteiger partial charge in [0, 0.05) is 25.3 Å². The summed E-state index contributed by atoms with van der Waals surface area (Å²) in [6.45, 7) is 8.99. The van der Waals surface area contributed by atoms with Gasteiger partial charge in [0.15, 0.2) is 0 Å². The summed E-state index contributed by atoms with van der Waals surface area (Å²) in [6.07, 6.45) is 4.76. The maximum absolute atomic E-state index is 12.9. The summed E-state index contributed by atoms with van der Waals surface area (Å²) in [6, 6.07) is 6.10. The number of hydrogen-bond donors (Lipinski definition) is 1. The van der Waals surface area contributed by atoms with Crippen LogP contribution in [0.15, 0.2) is 18.2 Å². The van der Waals surface area contributed by atoms with Crippen molar-refractivity contribution < 1.29 is 4.79 Å². The van der Waals surface area contributed by atoms with Crippen molar-refractivity contribution in [1.82, 2.24) is 4.90 Å². The summed E-state index contributed by atoms with van der Waals surface area (Å²) in [7, 11) is 0. The molecule has 0 aromatic heterocycles. The van der Waals surface area contributed by atoms with E-state index < -0.39 is 0 Å². The van der Waals surface area contributed by atoms with E-state index in [4.69, 9.17) is 0 Å². The van der Waals surface area contributed by atoms with E-state index in [9.17, 15) is 4.79 Å². The van der Waals surface area contributed by atoms with Gasteiger partial charge in [-0.25, -0.2) is 0 Å². The molecule has 1 saturated heterocycles. The molecule has 1 N–H and O–H groups in total. The number of nitrogens with one attached hydrogen (secondary N) is 1. The van der Waals surface area contributed by atoms with Gasteiger partial charge < -0.3 is 10.2 Å². The number of benzene rings is 1. The highest BCUT2D eigenvalue weighted by Crippen LogP contribution is 2.24. The molecule has 2 rings (SSSR count). The number of carbonyl (C=O) groups excluding carboxylic acids is 1. The standard InChI is InChI=1S/C18H28N2O/c1-4-15-7-6-11-20(12-10-15)18(21)16-13-14(3)8-9-17(16)19-5-2/h8-9,13,15,19H,4-7,10-12H2,1-3H3. The molecule has 3 nitrogen and oxygen atoms in total. The molecule has 1 aromatic carbocycles. The van der Waals surface area contributed by atoms with E-state index in [1.165, 1.54) is 12.8 Å². The van der Waals surface area contributed by atoms with E-state index in [2.05, 4.69) is 25.2 Å². The second-order valence-corrected chi connectivity index (χ2v) is 6.08. The lowest BCUT2D eigenvalue weighted by Crippen LogP contribution is -2.32. The van der Waals surface area contributed by atoms with Crippen molar-refractivity contribution in [2.24, 2.45) is 5.92 Å². The molecule has 1 heterocycles. The molecule has 1 aliphatic rings. The SMILES string of the molecule is CCNc1ccc(C)cc1C(=O)N1CCCC(CC)CC1. The Morgan fingerprint density at radius 1 is 1.29 bits per heavy atom. The molecular formula is C18H28N2O. The van der Waals surface area contributed by atoms with Crippen LogP contribution < -0.4 is 5.32 Å². The molecule has 3 heteroatoms. The van der Waals surface area contributed by atoms with E-state index in [0.717, 1.165) is 55.2 Å². The maximum atomic E-state index is 12.9. The first-order chi connectivity index (χ1) is 10.2. The van der Waals surface area contributed by atoms with E-state index in [1.807, 2.05) is 24.0 Å². The van der Waals surface area contributed by atoms with Crippen LogP contribution in [-0.2, 0) is 0 Å². The third kappa shape index (κ3) is 3.99. The average molecular weight is 288 g/mol. The van der Waals surface area contributed by atoms with Gasteiger partial charge in [0.25, 0.3) is 5.91 Å². The molecular weight excluding hydrogens is 260 g/mol. The van der Waals surface area contributed by atoms with Crippen molar-refractivity contribution in [3.63, 3.8) is 0 Å². The average Bonchev–Trinajstić information content (AvgIpc) is 2.74. The third-order valence-corrected chi connectivity index (χ3v) is 4.48. The van der Waals surface area contributed by atoms with Crippen LogP contribution in [-0.4, -0.2) is 30.4 Å². The molecule has 0 saturated carbocycles. The van der Waals surface area contributed by atoms with Crippen LogP contribution in [0.3, 0.4) is 0 Å². The highest BCUT2D eigenvalue weighted by atomic mass is 16.2. The Hall–Kier alpha value is -1.51. The lowest BCUT2D eigenvalue weighted by Gasteiger charge is -2.22. The Kier molecular flexibility index (Phi) is 5.66. The van der Waals surface area contributed by atoms with Gasteiger partial charge in [0.05, 0.1) is 5.56 Å². The van der Waals surface area contributed by atoms with Crippen LogP contribution in [0, 0.1) is 12.8 Å². The molecule has 21 heavy (non-hydrogen) atoms. The topological polar surface area (TPSA) is 32.3 Å². The van der Waals surface area contributed by atoms with Crippen LogP contribution in [0.25, 0.3) is 0 Å². The molecule has 1 unspecified atom stereocenters. The van der Waals surface area contributed by atoms with Gasteiger partial charge in [-0.15, -0.1) is 0 Å². The van der Waals surface area contributed by atoms with Crippen LogP contribution in [0.1, 0.15) is 55.5 Å². The van der Waals surface area contributed by atoms with E-state index in [0.29, 0.717) is 0 Å².